The van der Waals surface area contributed by atoms with Crippen LogP contribution in [-0.2, 0) is 14.3 Å². The first-order valence-electron chi connectivity index (χ1n) is 11.8. The quantitative estimate of drug-likeness (QED) is 0.568. The van der Waals surface area contributed by atoms with Gasteiger partial charge in [-0.05, 0) is 47.9 Å². The van der Waals surface area contributed by atoms with Gasteiger partial charge in [0.15, 0.2) is 0 Å². The molecule has 1 fully saturated rings. The smallest absolute Gasteiger partial charge is 0.407 e. The van der Waals surface area contributed by atoms with Crippen molar-refractivity contribution < 1.29 is 24.2 Å². The molecule has 2 aromatic carbocycles. The number of rotatable bonds is 6. The molecule has 0 bridgehead atoms. The van der Waals surface area contributed by atoms with Gasteiger partial charge in [0.1, 0.15) is 6.61 Å². The van der Waals surface area contributed by atoms with Crippen molar-refractivity contribution in [3.05, 3.63) is 71.8 Å². The highest BCUT2D eigenvalue weighted by Crippen LogP contribution is 2.44. The predicted octanol–water partition coefficient (Wildman–Crippen LogP) is 3.84. The molecule has 34 heavy (non-hydrogen) atoms. The lowest BCUT2D eigenvalue weighted by Crippen LogP contribution is -2.49. The Morgan fingerprint density at radius 2 is 1.53 bits per heavy atom. The second kappa shape index (κ2) is 9.33. The number of carbonyl (C=O) groups is 3. The highest BCUT2D eigenvalue weighted by molar-refractivity contribution is 5.81. The van der Waals surface area contributed by atoms with E-state index in [1.165, 1.54) is 11.1 Å². The number of hydrogen-bond donors (Lipinski definition) is 3. The van der Waals surface area contributed by atoms with Crippen molar-refractivity contribution >= 4 is 18.0 Å². The summed E-state index contributed by atoms with van der Waals surface area (Å²) in [6.07, 6.45) is 5.35. The predicted molar refractivity (Wildman–Crippen MR) is 126 cm³/mol. The first kappa shape index (κ1) is 22.2. The standard InChI is InChI=1S/C27H28N2O5/c30-25(28-19-13-17(14-19)26(31)32)16-6-5-7-18(12-16)29-27(33)34-15-24-22-10-3-1-8-20(22)21-9-2-4-11-23(21)24/h1-5,7-11,16-19,24H,6,12-15H2,(H,28,30)(H,29,33)(H,31,32)/t16-,17?,18-,19?/m1/s1. The van der Waals surface area contributed by atoms with Gasteiger partial charge in [0, 0.05) is 17.9 Å². The van der Waals surface area contributed by atoms with Crippen LogP contribution in [0.4, 0.5) is 4.79 Å². The zero-order valence-electron chi connectivity index (χ0n) is 18.8. The first-order chi connectivity index (χ1) is 16.5. The van der Waals surface area contributed by atoms with Crippen molar-refractivity contribution in [2.75, 3.05) is 6.61 Å². The molecule has 0 unspecified atom stereocenters. The lowest BCUT2D eigenvalue weighted by Gasteiger charge is -2.34. The van der Waals surface area contributed by atoms with Crippen molar-refractivity contribution in [3.63, 3.8) is 0 Å². The maximum Gasteiger partial charge on any atom is 0.407 e. The summed E-state index contributed by atoms with van der Waals surface area (Å²) in [4.78, 5) is 36.1. The molecule has 7 nitrogen and oxygen atoms in total. The molecule has 2 atom stereocenters. The molecular formula is C27H28N2O5. The third kappa shape index (κ3) is 4.42. The zero-order valence-corrected chi connectivity index (χ0v) is 18.8. The molecule has 3 N–H and O–H groups in total. The topological polar surface area (TPSA) is 105 Å². The maximum absolute atomic E-state index is 12.6. The van der Waals surface area contributed by atoms with Crippen LogP contribution >= 0.6 is 0 Å². The van der Waals surface area contributed by atoms with Gasteiger partial charge in [-0.3, -0.25) is 9.59 Å². The summed E-state index contributed by atoms with van der Waals surface area (Å²) in [6.45, 7) is 0.243. The molecule has 0 spiro atoms. The Hall–Kier alpha value is -3.61. The lowest BCUT2D eigenvalue weighted by atomic mass is 9.79. The number of amides is 2. The average Bonchev–Trinajstić information content (AvgIpc) is 3.13. The molecule has 0 aromatic heterocycles. The number of ether oxygens (including phenoxy) is 1. The minimum Gasteiger partial charge on any atom is -0.481 e. The molecule has 2 aromatic rings. The van der Waals surface area contributed by atoms with Crippen molar-refractivity contribution in [1.82, 2.24) is 10.6 Å². The summed E-state index contributed by atoms with van der Waals surface area (Å²) >= 11 is 0. The molecule has 0 heterocycles. The molecule has 0 aliphatic heterocycles. The van der Waals surface area contributed by atoms with Gasteiger partial charge in [0.05, 0.1) is 12.0 Å². The van der Waals surface area contributed by atoms with Gasteiger partial charge in [0.2, 0.25) is 5.91 Å². The SMILES string of the molecule is O=C(N[C@@H]1C=CC[C@@H](C(=O)NC2CC(C(=O)O)C2)C1)OCC1c2ccccc2-c2ccccc21. The van der Waals surface area contributed by atoms with Gasteiger partial charge in [-0.15, -0.1) is 0 Å². The molecule has 1 saturated carbocycles. The molecule has 7 heteroatoms. The highest BCUT2D eigenvalue weighted by Gasteiger charge is 2.37. The van der Waals surface area contributed by atoms with E-state index in [0.29, 0.717) is 25.7 Å². The summed E-state index contributed by atoms with van der Waals surface area (Å²) in [6, 6.07) is 16.0. The largest absolute Gasteiger partial charge is 0.481 e. The summed E-state index contributed by atoms with van der Waals surface area (Å²) in [5.41, 5.74) is 4.67. The molecular weight excluding hydrogens is 432 g/mol. The van der Waals surface area contributed by atoms with Crippen LogP contribution in [-0.4, -0.2) is 41.8 Å². The van der Waals surface area contributed by atoms with Crippen molar-refractivity contribution in [2.45, 2.75) is 43.7 Å². The van der Waals surface area contributed by atoms with Crippen molar-refractivity contribution in [1.29, 1.82) is 0 Å². The first-order valence-corrected chi connectivity index (χ1v) is 11.8. The lowest BCUT2D eigenvalue weighted by molar-refractivity contribution is -0.146. The van der Waals surface area contributed by atoms with E-state index in [1.54, 1.807) is 0 Å². The Labute approximate surface area is 198 Å². The van der Waals surface area contributed by atoms with E-state index in [0.717, 1.165) is 11.1 Å². The Morgan fingerprint density at radius 3 is 2.18 bits per heavy atom. The number of benzene rings is 2. The van der Waals surface area contributed by atoms with Gasteiger partial charge >= 0.3 is 12.1 Å². The van der Waals surface area contributed by atoms with E-state index in [4.69, 9.17) is 9.84 Å². The number of carboxylic acids is 1. The second-order valence-electron chi connectivity index (χ2n) is 9.38. The van der Waals surface area contributed by atoms with Gasteiger partial charge in [-0.2, -0.15) is 0 Å². The van der Waals surface area contributed by atoms with Gasteiger partial charge < -0.3 is 20.5 Å². The van der Waals surface area contributed by atoms with Crippen LogP contribution in [0.3, 0.4) is 0 Å². The Kier molecular flexibility index (Phi) is 6.09. The van der Waals surface area contributed by atoms with Gasteiger partial charge in [0.25, 0.3) is 0 Å². The molecule has 2 amide bonds. The van der Waals surface area contributed by atoms with Crippen molar-refractivity contribution in [3.8, 4) is 11.1 Å². The number of carbonyl (C=O) groups excluding carboxylic acids is 2. The summed E-state index contributed by atoms with van der Waals surface area (Å²) in [5, 5.41) is 14.8. The minimum atomic E-state index is -0.807. The number of allylic oxidation sites excluding steroid dienone is 1. The van der Waals surface area contributed by atoms with Crippen LogP contribution < -0.4 is 10.6 Å². The number of aliphatic carboxylic acids is 1. The number of carboxylic acid groups (broad SMARTS) is 1. The minimum absolute atomic E-state index is 0.00400. The van der Waals surface area contributed by atoms with E-state index in [9.17, 15) is 14.4 Å². The molecule has 176 valence electrons. The zero-order chi connectivity index (χ0) is 23.7. The van der Waals surface area contributed by atoms with E-state index in [2.05, 4.69) is 34.9 Å². The normalized spacial score (nSPS) is 24.9. The van der Waals surface area contributed by atoms with Gasteiger partial charge in [-0.25, -0.2) is 4.79 Å². The maximum atomic E-state index is 12.6. The monoisotopic (exact) mass is 460 g/mol. The fourth-order valence-corrected chi connectivity index (χ4v) is 5.26. The summed E-state index contributed by atoms with van der Waals surface area (Å²) < 4.78 is 5.62. The Morgan fingerprint density at radius 1 is 0.882 bits per heavy atom. The third-order valence-electron chi connectivity index (χ3n) is 7.18. The molecule has 0 radical (unpaired) electrons. The van der Waals surface area contributed by atoms with E-state index >= 15 is 0 Å². The Bertz CT molecular complexity index is 1090. The van der Waals surface area contributed by atoms with E-state index in [1.807, 2.05) is 36.4 Å². The fraction of sp³-hybridized carbons (Fsp3) is 0.370. The second-order valence-corrected chi connectivity index (χ2v) is 9.38. The molecule has 3 aliphatic rings. The van der Waals surface area contributed by atoms with Crippen molar-refractivity contribution in [2.24, 2.45) is 11.8 Å². The van der Waals surface area contributed by atoms with Crippen LogP contribution in [0.25, 0.3) is 11.1 Å². The highest BCUT2D eigenvalue weighted by atomic mass is 16.5. The van der Waals surface area contributed by atoms with Gasteiger partial charge in [-0.1, -0.05) is 60.7 Å². The van der Waals surface area contributed by atoms with E-state index < -0.39 is 12.1 Å². The third-order valence-corrected chi connectivity index (χ3v) is 7.18. The number of nitrogens with one attached hydrogen (secondary N) is 2. The molecule has 3 aliphatic carbocycles. The number of alkyl carbamates (subject to hydrolysis) is 1. The van der Waals surface area contributed by atoms with Crippen LogP contribution in [0.2, 0.25) is 0 Å². The summed E-state index contributed by atoms with van der Waals surface area (Å²) in [5.74, 6) is -1.51. The van der Waals surface area contributed by atoms with Crippen LogP contribution in [0, 0.1) is 11.8 Å². The number of fused-ring (bicyclic) bond motifs is 3. The Balaban J connectivity index is 1.13. The molecule has 0 saturated heterocycles. The van der Waals surface area contributed by atoms with Crippen LogP contribution in [0.5, 0.6) is 0 Å². The van der Waals surface area contributed by atoms with Crippen LogP contribution in [0.1, 0.15) is 42.7 Å². The van der Waals surface area contributed by atoms with Crippen LogP contribution in [0.15, 0.2) is 60.7 Å². The number of hydrogen-bond acceptors (Lipinski definition) is 4. The van der Waals surface area contributed by atoms with E-state index in [-0.39, 0.29) is 42.4 Å². The fourth-order valence-electron chi connectivity index (χ4n) is 5.26. The summed E-state index contributed by atoms with van der Waals surface area (Å²) in [7, 11) is 0. The average molecular weight is 461 g/mol. The molecule has 5 rings (SSSR count).